The van der Waals surface area contributed by atoms with E-state index in [1.54, 1.807) is 0 Å². The summed E-state index contributed by atoms with van der Waals surface area (Å²) in [6, 6.07) is 19.4. The molecule has 0 aliphatic heterocycles. The fourth-order valence-electron chi connectivity index (χ4n) is 2.96. The lowest BCUT2D eigenvalue weighted by Crippen LogP contribution is -2.16. The number of carbonyl (C=O) groups is 1. The highest BCUT2D eigenvalue weighted by molar-refractivity contribution is 6.34. The molecule has 23 heavy (non-hydrogen) atoms. The molecule has 3 rings (SSSR count). The van der Waals surface area contributed by atoms with E-state index in [1.807, 2.05) is 60.7 Å². The number of oxime groups is 1. The molecule has 1 unspecified atom stereocenters. The third-order valence-corrected chi connectivity index (χ3v) is 3.83. The van der Waals surface area contributed by atoms with Gasteiger partial charge in [-0.3, -0.25) is 4.79 Å². The van der Waals surface area contributed by atoms with Crippen LogP contribution >= 0.6 is 0 Å². The molecule has 0 saturated heterocycles. The van der Waals surface area contributed by atoms with Crippen molar-refractivity contribution in [3.63, 3.8) is 0 Å². The maximum atomic E-state index is 11.5. The Morgan fingerprint density at radius 3 is 2.13 bits per heavy atom. The van der Waals surface area contributed by atoms with Gasteiger partial charge in [0.05, 0.1) is 5.71 Å². The number of rotatable bonds is 3. The van der Waals surface area contributed by atoms with Crippen LogP contribution < -0.4 is 0 Å². The van der Waals surface area contributed by atoms with Gasteiger partial charge in [0.15, 0.2) is 0 Å². The van der Waals surface area contributed by atoms with Crippen LogP contribution in [0.25, 0.3) is 11.1 Å². The van der Waals surface area contributed by atoms with Crippen molar-refractivity contribution in [2.24, 2.45) is 5.16 Å². The van der Waals surface area contributed by atoms with Gasteiger partial charge < -0.3 is 9.94 Å². The molecule has 116 valence electrons. The minimum absolute atomic E-state index is 0.352. The molecule has 0 radical (unpaired) electrons. The molecule has 1 atom stereocenters. The molecule has 4 heteroatoms. The van der Waals surface area contributed by atoms with Crippen LogP contribution in [0.3, 0.4) is 0 Å². The molecule has 0 spiro atoms. The van der Waals surface area contributed by atoms with Gasteiger partial charge in [0.25, 0.3) is 0 Å². The molecule has 1 aliphatic carbocycles. The van der Waals surface area contributed by atoms with Crippen LogP contribution in [0.1, 0.15) is 24.5 Å². The standard InChI is InChI=1S/C19H17NO3/c1-13(21)23-17-12-16(20-22)18(14-8-4-2-5-9-14)19(17)15-10-6-3-7-11-15/h2-11,17,22H,12H2,1H3/b20-16+. The highest BCUT2D eigenvalue weighted by Crippen LogP contribution is 2.40. The van der Waals surface area contributed by atoms with E-state index in [4.69, 9.17) is 4.74 Å². The summed E-state index contributed by atoms with van der Waals surface area (Å²) in [7, 11) is 0. The first kappa shape index (κ1) is 15.0. The van der Waals surface area contributed by atoms with Crippen molar-refractivity contribution in [1.29, 1.82) is 0 Å². The molecule has 2 aromatic rings. The quantitative estimate of drug-likeness (QED) is 0.533. The number of ether oxygens (including phenoxy) is 1. The molecule has 0 aromatic heterocycles. The second-order valence-electron chi connectivity index (χ2n) is 5.37. The van der Waals surface area contributed by atoms with Crippen LogP contribution in [0.2, 0.25) is 0 Å². The average Bonchev–Trinajstić information content (AvgIpc) is 2.94. The number of allylic oxidation sites excluding steroid dienone is 1. The third kappa shape index (κ3) is 3.01. The van der Waals surface area contributed by atoms with Crippen molar-refractivity contribution in [2.45, 2.75) is 19.4 Å². The third-order valence-electron chi connectivity index (χ3n) is 3.83. The topological polar surface area (TPSA) is 58.9 Å². The second-order valence-corrected chi connectivity index (χ2v) is 5.37. The highest BCUT2D eigenvalue weighted by atomic mass is 16.5. The zero-order chi connectivity index (χ0) is 16.2. The summed E-state index contributed by atoms with van der Waals surface area (Å²) >= 11 is 0. The normalized spacial score (nSPS) is 19.2. The number of carbonyl (C=O) groups excluding carboxylic acids is 1. The first-order valence-corrected chi connectivity index (χ1v) is 7.44. The van der Waals surface area contributed by atoms with Crippen LogP contribution in [0, 0.1) is 0 Å². The molecule has 2 aromatic carbocycles. The monoisotopic (exact) mass is 307 g/mol. The average molecular weight is 307 g/mol. The Bertz CT molecular complexity index is 764. The summed E-state index contributed by atoms with van der Waals surface area (Å²) in [5.41, 5.74) is 4.12. The Kier molecular flexibility index (Phi) is 4.24. The van der Waals surface area contributed by atoms with E-state index in [0.29, 0.717) is 12.1 Å². The van der Waals surface area contributed by atoms with E-state index in [0.717, 1.165) is 22.3 Å². The largest absolute Gasteiger partial charge is 0.457 e. The van der Waals surface area contributed by atoms with E-state index in [2.05, 4.69) is 5.16 Å². The number of esters is 1. The fourth-order valence-corrected chi connectivity index (χ4v) is 2.96. The molecule has 0 heterocycles. The van der Waals surface area contributed by atoms with E-state index >= 15 is 0 Å². The van der Waals surface area contributed by atoms with Gasteiger partial charge in [0.2, 0.25) is 0 Å². The van der Waals surface area contributed by atoms with Crippen molar-refractivity contribution in [1.82, 2.24) is 0 Å². The number of benzene rings is 2. The second kappa shape index (κ2) is 6.48. The lowest BCUT2D eigenvalue weighted by atomic mass is 9.96. The minimum Gasteiger partial charge on any atom is -0.457 e. The summed E-state index contributed by atoms with van der Waals surface area (Å²) < 4.78 is 5.47. The van der Waals surface area contributed by atoms with Crippen LogP contribution in [0.5, 0.6) is 0 Å². The van der Waals surface area contributed by atoms with Gasteiger partial charge in [-0.15, -0.1) is 0 Å². The maximum absolute atomic E-state index is 11.5. The molecule has 0 amide bonds. The number of nitrogens with zero attached hydrogens (tertiary/aromatic N) is 1. The zero-order valence-corrected chi connectivity index (χ0v) is 12.8. The van der Waals surface area contributed by atoms with E-state index in [9.17, 15) is 10.0 Å². The summed E-state index contributed by atoms with van der Waals surface area (Å²) in [4.78, 5) is 11.5. The van der Waals surface area contributed by atoms with Gasteiger partial charge in [0, 0.05) is 24.5 Å². The van der Waals surface area contributed by atoms with Crippen LogP contribution in [0.15, 0.2) is 65.8 Å². The Balaban J connectivity index is 2.21. The predicted octanol–water partition coefficient (Wildman–Crippen LogP) is 3.76. The molecule has 0 bridgehead atoms. The molecular weight excluding hydrogens is 290 g/mol. The smallest absolute Gasteiger partial charge is 0.303 e. The summed E-state index contributed by atoms with van der Waals surface area (Å²) in [5, 5.41) is 12.9. The van der Waals surface area contributed by atoms with Crippen molar-refractivity contribution in [3.05, 3.63) is 71.8 Å². The van der Waals surface area contributed by atoms with Gasteiger partial charge in [-0.25, -0.2) is 0 Å². The highest BCUT2D eigenvalue weighted by Gasteiger charge is 2.34. The number of hydrogen-bond donors (Lipinski definition) is 1. The van der Waals surface area contributed by atoms with Gasteiger partial charge in [0.1, 0.15) is 6.10 Å². The summed E-state index contributed by atoms with van der Waals surface area (Å²) in [6.07, 6.45) is -0.0825. The molecule has 1 aliphatic rings. The first-order valence-electron chi connectivity index (χ1n) is 7.44. The Morgan fingerprint density at radius 1 is 1.04 bits per heavy atom. The Hall–Kier alpha value is -2.88. The first-order chi connectivity index (χ1) is 11.2. The molecular formula is C19H17NO3. The van der Waals surface area contributed by atoms with Crippen LogP contribution in [-0.2, 0) is 9.53 Å². The summed E-state index contributed by atoms with van der Waals surface area (Å²) in [5.74, 6) is -0.352. The van der Waals surface area contributed by atoms with E-state index < -0.39 is 6.10 Å². The van der Waals surface area contributed by atoms with Gasteiger partial charge in [-0.1, -0.05) is 65.8 Å². The van der Waals surface area contributed by atoms with Gasteiger partial charge >= 0.3 is 5.97 Å². The lowest BCUT2D eigenvalue weighted by molar-refractivity contribution is -0.143. The van der Waals surface area contributed by atoms with Gasteiger partial charge in [-0.2, -0.15) is 0 Å². The maximum Gasteiger partial charge on any atom is 0.303 e. The Labute approximate surface area is 134 Å². The van der Waals surface area contributed by atoms with Crippen LogP contribution in [0.4, 0.5) is 0 Å². The van der Waals surface area contributed by atoms with Crippen molar-refractivity contribution >= 4 is 22.8 Å². The molecule has 0 fully saturated rings. The molecule has 0 saturated carbocycles. The van der Waals surface area contributed by atoms with Crippen molar-refractivity contribution in [2.75, 3.05) is 0 Å². The van der Waals surface area contributed by atoms with Crippen LogP contribution in [-0.4, -0.2) is 23.0 Å². The van der Waals surface area contributed by atoms with Crippen molar-refractivity contribution < 1.29 is 14.7 Å². The Morgan fingerprint density at radius 2 is 1.61 bits per heavy atom. The fraction of sp³-hybridized carbons (Fsp3) is 0.158. The zero-order valence-electron chi connectivity index (χ0n) is 12.8. The van der Waals surface area contributed by atoms with E-state index in [1.165, 1.54) is 6.92 Å². The van der Waals surface area contributed by atoms with Gasteiger partial charge in [-0.05, 0) is 11.1 Å². The van der Waals surface area contributed by atoms with Crippen molar-refractivity contribution in [3.8, 4) is 0 Å². The predicted molar refractivity (Wildman–Crippen MR) is 89.1 cm³/mol. The minimum atomic E-state index is -0.448. The lowest BCUT2D eigenvalue weighted by Gasteiger charge is -2.15. The number of hydrogen-bond acceptors (Lipinski definition) is 4. The SMILES string of the molecule is CC(=O)OC1C/C(=N\O)C(c2ccccc2)=C1c1ccccc1. The summed E-state index contributed by atoms with van der Waals surface area (Å²) in [6.45, 7) is 1.39. The molecule has 1 N–H and O–H groups in total. The molecule has 4 nitrogen and oxygen atoms in total. The van der Waals surface area contributed by atoms with E-state index in [-0.39, 0.29) is 5.97 Å².